The molecule has 4 fully saturated rings. The van der Waals surface area contributed by atoms with E-state index in [1.807, 2.05) is 135 Å². The normalized spacial score (nSPS) is 20.3. The van der Waals surface area contributed by atoms with Crippen molar-refractivity contribution in [2.45, 2.75) is 182 Å². The average Bonchev–Trinajstić information content (AvgIpc) is 3.73. The minimum atomic E-state index is -0.0199. The van der Waals surface area contributed by atoms with Crippen LogP contribution in [0.15, 0.2) is 121 Å². The molecular weight excluding hydrogens is 1070 g/mol. The van der Waals surface area contributed by atoms with Gasteiger partial charge in [-0.15, -0.1) is 0 Å². The summed E-state index contributed by atoms with van der Waals surface area (Å²) in [6.45, 7) is 28.8. The molecule has 480 valence electrons. The van der Waals surface area contributed by atoms with Crippen LogP contribution in [0.25, 0.3) is 0 Å². The first-order valence-corrected chi connectivity index (χ1v) is 34.1. The van der Waals surface area contributed by atoms with Gasteiger partial charge in [-0.3, -0.25) is 14.5 Å². The summed E-state index contributed by atoms with van der Waals surface area (Å²) in [7, 11) is 0. The highest BCUT2D eigenvalue weighted by atomic mass is 16.5. The van der Waals surface area contributed by atoms with Crippen molar-refractivity contribution in [1.29, 1.82) is 0 Å². The third-order valence-electron chi connectivity index (χ3n) is 17.1. The topological polar surface area (TPSA) is 102 Å². The van der Waals surface area contributed by atoms with Crippen molar-refractivity contribution in [3.05, 3.63) is 121 Å². The minimum absolute atomic E-state index is 0.00906. The van der Waals surface area contributed by atoms with Crippen molar-refractivity contribution in [1.82, 2.24) is 19.6 Å². The number of ether oxygens (including phenoxy) is 6. The Bertz CT molecular complexity index is 2240. The SMILES string of the molecule is CCOC(=O)C1CCCN(CCCCCOc2ccccc2)C1.CCOC(=O)C1CCN(CCCCCOc2ccccc2)CC1.C[C@@H]1CCC[C@H](C)N1CCCCCOc1ccccc1.C[C@@H]1C[C@H](C)CN(CCCCCOc2ccccc2)C1. The first kappa shape index (κ1) is 71.6. The quantitative estimate of drug-likeness (QED) is 0.0344. The summed E-state index contributed by atoms with van der Waals surface area (Å²) in [6, 6.07) is 41.7. The number of hydrogen-bond donors (Lipinski definition) is 0. The molecule has 0 saturated carbocycles. The number of hydrogen-bond acceptors (Lipinski definition) is 12. The van der Waals surface area contributed by atoms with Crippen LogP contribution in [0.2, 0.25) is 0 Å². The zero-order chi connectivity index (χ0) is 61.1. The van der Waals surface area contributed by atoms with E-state index in [1.54, 1.807) is 0 Å². The van der Waals surface area contributed by atoms with E-state index in [-0.39, 0.29) is 23.8 Å². The van der Waals surface area contributed by atoms with Gasteiger partial charge in [0.05, 0.1) is 51.5 Å². The lowest BCUT2D eigenvalue weighted by molar-refractivity contribution is -0.150. The van der Waals surface area contributed by atoms with E-state index < -0.39 is 0 Å². The van der Waals surface area contributed by atoms with E-state index >= 15 is 0 Å². The number of para-hydroxylation sites is 4. The van der Waals surface area contributed by atoms with E-state index in [0.29, 0.717) is 13.2 Å². The van der Waals surface area contributed by atoms with Crippen molar-refractivity contribution >= 4 is 11.9 Å². The second-order valence-electron chi connectivity index (χ2n) is 24.7. The second kappa shape index (κ2) is 45.2. The molecule has 86 heavy (non-hydrogen) atoms. The highest BCUT2D eigenvalue weighted by Gasteiger charge is 2.28. The Morgan fingerprint density at radius 2 is 0.756 bits per heavy atom. The molecule has 12 heteroatoms. The van der Waals surface area contributed by atoms with E-state index in [1.165, 1.54) is 90.4 Å². The lowest BCUT2D eigenvalue weighted by Crippen LogP contribution is -2.44. The van der Waals surface area contributed by atoms with Gasteiger partial charge in [0.1, 0.15) is 23.0 Å². The number of piperidine rings is 4. The monoisotopic (exact) mass is 1190 g/mol. The Balaban J connectivity index is 0.000000210. The molecule has 12 nitrogen and oxygen atoms in total. The summed E-state index contributed by atoms with van der Waals surface area (Å²) >= 11 is 0. The smallest absolute Gasteiger partial charge is 0.310 e. The van der Waals surface area contributed by atoms with Crippen LogP contribution < -0.4 is 18.9 Å². The molecule has 8 rings (SSSR count). The molecule has 4 aromatic carbocycles. The molecule has 1 unspecified atom stereocenters. The van der Waals surface area contributed by atoms with Gasteiger partial charge in [-0.1, -0.05) is 93.1 Å². The molecule has 0 spiro atoms. The average molecular weight is 1190 g/mol. The molecule has 0 aliphatic carbocycles. The van der Waals surface area contributed by atoms with Crippen LogP contribution in [-0.4, -0.2) is 149 Å². The van der Waals surface area contributed by atoms with Gasteiger partial charge in [0.15, 0.2) is 0 Å². The third kappa shape index (κ3) is 31.7. The van der Waals surface area contributed by atoms with Gasteiger partial charge in [-0.05, 0) is 256 Å². The summed E-state index contributed by atoms with van der Waals surface area (Å²) in [5.41, 5.74) is 0. The molecule has 4 aromatic rings. The molecular formula is C74H116N4O8. The Kier molecular flexibility index (Phi) is 37.6. The number of nitrogens with zero attached hydrogens (tertiary/aromatic N) is 4. The predicted octanol–water partition coefficient (Wildman–Crippen LogP) is 15.7. The molecule has 0 aromatic heterocycles. The van der Waals surface area contributed by atoms with Crippen LogP contribution in [0, 0.1) is 23.7 Å². The predicted molar refractivity (Wildman–Crippen MR) is 354 cm³/mol. The summed E-state index contributed by atoms with van der Waals surface area (Å²) < 4.78 is 33.1. The van der Waals surface area contributed by atoms with Crippen LogP contribution in [0.4, 0.5) is 0 Å². The number of carbonyl (C=O) groups is 2. The van der Waals surface area contributed by atoms with Crippen molar-refractivity contribution in [2.75, 3.05) is 105 Å². The molecule has 4 heterocycles. The van der Waals surface area contributed by atoms with E-state index in [9.17, 15) is 9.59 Å². The van der Waals surface area contributed by atoms with E-state index in [0.717, 1.165) is 177 Å². The fraction of sp³-hybridized carbons (Fsp3) is 0.649. The third-order valence-corrected chi connectivity index (χ3v) is 17.1. The molecule has 0 radical (unpaired) electrons. The maximum Gasteiger partial charge on any atom is 0.310 e. The lowest BCUT2D eigenvalue weighted by Gasteiger charge is -2.39. The first-order chi connectivity index (χ1) is 42.1. The number of esters is 2. The summed E-state index contributed by atoms with van der Waals surface area (Å²) in [5.74, 6) is 5.79. The van der Waals surface area contributed by atoms with Crippen LogP contribution in [0.3, 0.4) is 0 Å². The van der Waals surface area contributed by atoms with Gasteiger partial charge < -0.3 is 43.1 Å². The summed E-state index contributed by atoms with van der Waals surface area (Å²) in [6.07, 6.45) is 23.8. The van der Waals surface area contributed by atoms with Crippen molar-refractivity contribution < 1.29 is 38.0 Å². The maximum absolute atomic E-state index is 11.8. The van der Waals surface area contributed by atoms with Gasteiger partial charge in [0.2, 0.25) is 0 Å². The lowest BCUT2D eigenvalue weighted by atomic mass is 9.92. The molecule has 5 atom stereocenters. The van der Waals surface area contributed by atoms with E-state index in [2.05, 4.69) is 47.3 Å². The highest BCUT2D eigenvalue weighted by Crippen LogP contribution is 2.25. The van der Waals surface area contributed by atoms with Gasteiger partial charge in [0, 0.05) is 31.7 Å². The Morgan fingerprint density at radius 3 is 1.16 bits per heavy atom. The zero-order valence-electron chi connectivity index (χ0n) is 54.5. The van der Waals surface area contributed by atoms with Crippen LogP contribution in [0.5, 0.6) is 23.0 Å². The molecule has 0 amide bonds. The molecule has 4 aliphatic rings. The van der Waals surface area contributed by atoms with Gasteiger partial charge >= 0.3 is 11.9 Å². The van der Waals surface area contributed by atoms with Gasteiger partial charge in [-0.25, -0.2) is 0 Å². The highest BCUT2D eigenvalue weighted by molar-refractivity contribution is 5.73. The zero-order valence-corrected chi connectivity index (χ0v) is 54.5. The fourth-order valence-corrected chi connectivity index (χ4v) is 12.5. The van der Waals surface area contributed by atoms with Crippen molar-refractivity contribution in [3.8, 4) is 23.0 Å². The number of carbonyl (C=O) groups excluding carboxylic acids is 2. The first-order valence-electron chi connectivity index (χ1n) is 34.1. The largest absolute Gasteiger partial charge is 0.494 e. The van der Waals surface area contributed by atoms with Crippen LogP contribution >= 0.6 is 0 Å². The summed E-state index contributed by atoms with van der Waals surface area (Å²) in [4.78, 5) is 33.7. The minimum Gasteiger partial charge on any atom is -0.494 e. The fourth-order valence-electron chi connectivity index (χ4n) is 12.5. The van der Waals surface area contributed by atoms with Crippen LogP contribution in [0.1, 0.15) is 170 Å². The number of unbranched alkanes of at least 4 members (excludes halogenated alkanes) is 8. The molecule has 4 aliphatic heterocycles. The standard InChI is InChI=1S/2C19H29NO3.2C18H29NO/c1-2-22-19(21)17-10-9-14-20(16-17)13-7-4-8-15-23-18-11-5-3-6-12-18;1-2-22-19(21)17-11-14-20(15-12-17)13-7-4-8-16-23-18-9-5-3-6-10-18;1-16-10-9-11-17(2)19(16)14-7-4-8-15-20-18-12-5-3-6-13-18;1-16-13-17(2)15-19(14-16)11-7-4-8-12-20-18-9-5-3-6-10-18/h3,5-6,11-12,17H,2,4,7-10,13-16H2,1H3;3,5-6,9-10,17H,2,4,7-8,11-16H2,1H3;3,5-6,12-13,16-17H,4,7-11,14-15H2,1-2H3;3,5-6,9-10,16-17H,4,7-8,11-15H2,1-2H3/t;;2*16-,17+. The van der Waals surface area contributed by atoms with Crippen molar-refractivity contribution in [3.63, 3.8) is 0 Å². The number of likely N-dealkylation sites (tertiary alicyclic amines) is 4. The Labute approximate surface area is 522 Å². The number of benzene rings is 4. The molecule has 4 saturated heterocycles. The molecule has 0 bridgehead atoms. The van der Waals surface area contributed by atoms with Gasteiger partial charge in [0.25, 0.3) is 0 Å². The van der Waals surface area contributed by atoms with Crippen molar-refractivity contribution in [2.24, 2.45) is 23.7 Å². The van der Waals surface area contributed by atoms with Crippen LogP contribution in [-0.2, 0) is 19.1 Å². The maximum atomic E-state index is 11.8. The molecule has 0 N–H and O–H groups in total. The number of rotatable bonds is 32. The van der Waals surface area contributed by atoms with E-state index in [4.69, 9.17) is 28.4 Å². The van der Waals surface area contributed by atoms with Gasteiger partial charge in [-0.2, -0.15) is 0 Å². The summed E-state index contributed by atoms with van der Waals surface area (Å²) in [5, 5.41) is 0. The second-order valence-corrected chi connectivity index (χ2v) is 24.7. The Morgan fingerprint density at radius 1 is 0.384 bits per heavy atom. The Hall–Kier alpha value is -5.14.